The van der Waals surface area contributed by atoms with Crippen molar-refractivity contribution in [1.29, 1.82) is 0 Å². The third kappa shape index (κ3) is 12.6. The maximum absolute atomic E-state index is 13.0. The number of para-hydroxylation sites is 2. The SMILES string of the molecule is CC(=O)O.CC(C)N1C(=O)/C(=C/c2cn(-c3ccccc3)nc2-c2cccc(S(=O)(=O)N(C)C)c2)SC1=S.CC(C)N1C(=O)/C(=C/c2cn(-c3ccccc3)nc2-c2cccc(S(=O)(=O)N(C)C)c2)SC1=S. The molecule has 0 aliphatic carbocycles. The monoisotopic (exact) mass is 1080 g/mol. The van der Waals surface area contributed by atoms with Crippen LogP contribution in [0.2, 0.25) is 0 Å². The normalized spacial score (nSPS) is 15.3. The number of aromatic nitrogens is 4. The highest BCUT2D eigenvalue weighted by atomic mass is 32.2. The van der Waals surface area contributed by atoms with E-state index in [1.54, 1.807) is 67.7 Å². The van der Waals surface area contributed by atoms with Crippen LogP contribution in [0.1, 0.15) is 45.7 Å². The van der Waals surface area contributed by atoms with Crippen molar-refractivity contribution >= 4 is 107 Å². The molecule has 2 amide bonds. The van der Waals surface area contributed by atoms with E-state index < -0.39 is 26.0 Å². The molecule has 2 aromatic heterocycles. The quantitative estimate of drug-likeness (QED) is 0.0904. The summed E-state index contributed by atoms with van der Waals surface area (Å²) in [4.78, 5) is 39.5. The van der Waals surface area contributed by atoms with Gasteiger partial charge < -0.3 is 5.11 Å². The van der Waals surface area contributed by atoms with Gasteiger partial charge in [0.15, 0.2) is 0 Å². The second-order valence-corrected chi connectivity index (χ2v) is 24.5. The lowest BCUT2D eigenvalue weighted by Gasteiger charge is -2.18. The Hall–Kier alpha value is -6.11. The van der Waals surface area contributed by atoms with Crippen LogP contribution in [0.5, 0.6) is 0 Å². The molecular weight excluding hydrogens is 1030 g/mol. The summed E-state index contributed by atoms with van der Waals surface area (Å²) >= 11 is 13.3. The van der Waals surface area contributed by atoms with Crippen molar-refractivity contribution < 1.29 is 36.3 Å². The molecule has 2 saturated heterocycles. The van der Waals surface area contributed by atoms with Gasteiger partial charge in [0.05, 0.1) is 31.0 Å². The van der Waals surface area contributed by atoms with Gasteiger partial charge in [0.2, 0.25) is 20.0 Å². The van der Waals surface area contributed by atoms with Gasteiger partial charge in [-0.3, -0.25) is 24.2 Å². The fourth-order valence-corrected chi connectivity index (χ4v) is 11.9. The van der Waals surface area contributed by atoms with Crippen molar-refractivity contribution in [2.75, 3.05) is 28.2 Å². The van der Waals surface area contributed by atoms with Crippen LogP contribution < -0.4 is 0 Å². The number of rotatable bonds is 12. The second kappa shape index (κ2) is 23.2. The highest BCUT2D eigenvalue weighted by Gasteiger charge is 2.35. The topological polar surface area (TPSA) is 188 Å². The van der Waals surface area contributed by atoms with Crippen LogP contribution in [-0.2, 0) is 34.4 Å². The van der Waals surface area contributed by atoms with Crippen molar-refractivity contribution in [3.63, 3.8) is 0 Å². The number of thioether (sulfide) groups is 2. The zero-order chi connectivity index (χ0) is 52.8. The van der Waals surface area contributed by atoms with E-state index in [0.717, 1.165) is 18.3 Å². The van der Waals surface area contributed by atoms with Gasteiger partial charge in [0, 0.05) is 81.8 Å². The third-order valence-corrected chi connectivity index (χ3v) is 16.8. The first kappa shape index (κ1) is 55.2. The lowest BCUT2D eigenvalue weighted by Crippen LogP contribution is -2.34. The van der Waals surface area contributed by atoms with Gasteiger partial charge >= 0.3 is 0 Å². The predicted octanol–water partition coefficient (Wildman–Crippen LogP) is 8.89. The number of carbonyl (C=O) groups is 3. The molecule has 0 radical (unpaired) electrons. The fraction of sp³-hybridized carbons (Fsp3) is 0.220. The van der Waals surface area contributed by atoms with Gasteiger partial charge in [0.1, 0.15) is 20.0 Å². The molecule has 2 aliphatic heterocycles. The van der Waals surface area contributed by atoms with Gasteiger partial charge in [-0.15, -0.1) is 0 Å². The minimum absolute atomic E-state index is 0.0437. The van der Waals surface area contributed by atoms with Gasteiger partial charge in [-0.1, -0.05) is 109 Å². The Morgan fingerprint density at radius 2 is 0.931 bits per heavy atom. The number of nitrogens with zero attached hydrogens (tertiary/aromatic N) is 8. The molecule has 8 rings (SSSR count). The second-order valence-electron chi connectivity index (χ2n) is 16.9. The van der Waals surface area contributed by atoms with E-state index in [0.29, 0.717) is 52.1 Å². The standard InChI is InChI=1S/2C24H24N4O3S3.C2H4O2/c2*1-16(2)28-23(29)21(33-24(28)32)14-18-15-27(19-10-6-5-7-11-19)25-22(18)17-9-8-12-20(13-17)34(30,31)26(3)4;1-2(3)4/h2*5-16H,1-4H3;1H3,(H,3,4)/b2*21-14-;. The molecule has 0 atom stereocenters. The van der Waals surface area contributed by atoms with E-state index in [4.69, 9.17) is 44.5 Å². The lowest BCUT2D eigenvalue weighted by molar-refractivity contribution is -0.134. The Balaban J connectivity index is 0.000000219. The zero-order valence-electron chi connectivity index (χ0n) is 40.7. The predicted molar refractivity (Wildman–Crippen MR) is 293 cm³/mol. The summed E-state index contributed by atoms with van der Waals surface area (Å²) in [5.74, 6) is -1.13. The molecule has 22 heteroatoms. The Bertz CT molecular complexity index is 3110. The molecule has 6 aromatic rings. The number of benzene rings is 4. The van der Waals surface area contributed by atoms with Crippen molar-refractivity contribution in [2.45, 2.75) is 56.5 Å². The Morgan fingerprint density at radius 3 is 1.22 bits per heavy atom. The van der Waals surface area contributed by atoms with Crippen molar-refractivity contribution in [1.82, 2.24) is 38.0 Å². The average Bonchev–Trinajstić information content (AvgIpc) is 4.09. The largest absolute Gasteiger partial charge is 0.481 e. The number of thiocarbonyl (C=S) groups is 2. The summed E-state index contributed by atoms with van der Waals surface area (Å²) in [5, 5.41) is 16.9. The van der Waals surface area contributed by atoms with Gasteiger partial charge in [-0.25, -0.2) is 34.8 Å². The van der Waals surface area contributed by atoms with Crippen LogP contribution in [0.4, 0.5) is 0 Å². The summed E-state index contributed by atoms with van der Waals surface area (Å²) in [6.07, 6.45) is 7.21. The van der Waals surface area contributed by atoms with E-state index in [-0.39, 0.29) is 33.7 Å². The summed E-state index contributed by atoms with van der Waals surface area (Å²) < 4.78 is 57.6. The van der Waals surface area contributed by atoms with Crippen LogP contribution >= 0.6 is 48.0 Å². The lowest BCUT2D eigenvalue weighted by atomic mass is 10.1. The summed E-state index contributed by atoms with van der Waals surface area (Å²) in [6.45, 7) is 8.76. The molecule has 0 spiro atoms. The fourth-order valence-electron chi connectivity index (χ4n) is 7.02. The molecule has 4 heterocycles. The van der Waals surface area contributed by atoms with Crippen molar-refractivity contribution in [3.05, 3.63) is 143 Å². The molecule has 0 bridgehead atoms. The maximum atomic E-state index is 13.0. The summed E-state index contributed by atoms with van der Waals surface area (Å²) in [7, 11) is -1.26. The van der Waals surface area contributed by atoms with E-state index in [9.17, 15) is 26.4 Å². The molecule has 2 fully saturated rings. The summed E-state index contributed by atoms with van der Waals surface area (Å²) in [6, 6.07) is 32.4. The van der Waals surface area contributed by atoms with Crippen LogP contribution in [-0.4, -0.2) is 127 Å². The molecule has 2 aliphatic rings. The van der Waals surface area contributed by atoms with Crippen LogP contribution in [0.15, 0.2) is 141 Å². The molecular formula is C50H52N8O8S6. The molecule has 376 valence electrons. The number of carbonyl (C=O) groups excluding carboxylic acids is 2. The number of sulfonamides is 2. The van der Waals surface area contributed by atoms with Gasteiger partial charge in [-0.2, -0.15) is 10.2 Å². The maximum Gasteiger partial charge on any atom is 0.300 e. The number of carboxylic acids is 1. The average molecular weight is 1090 g/mol. The van der Waals surface area contributed by atoms with Gasteiger partial charge in [0.25, 0.3) is 17.8 Å². The highest BCUT2D eigenvalue weighted by Crippen LogP contribution is 2.38. The number of carboxylic acid groups (broad SMARTS) is 1. The van der Waals surface area contributed by atoms with Crippen LogP contribution in [0, 0.1) is 0 Å². The first-order valence-corrected chi connectivity index (χ1v) is 27.3. The number of aliphatic carboxylic acids is 1. The van der Waals surface area contributed by atoms with Crippen molar-refractivity contribution in [2.24, 2.45) is 0 Å². The molecule has 4 aromatic carbocycles. The minimum Gasteiger partial charge on any atom is -0.481 e. The van der Waals surface area contributed by atoms with Crippen LogP contribution in [0.25, 0.3) is 46.0 Å². The van der Waals surface area contributed by atoms with E-state index in [1.807, 2.05) is 113 Å². The molecule has 1 N–H and O–H groups in total. The Labute approximate surface area is 439 Å². The van der Waals surface area contributed by atoms with E-state index in [1.165, 1.54) is 60.3 Å². The summed E-state index contributed by atoms with van der Waals surface area (Å²) in [5.41, 5.74) is 5.45. The first-order chi connectivity index (χ1) is 33.9. The number of hydrogen-bond acceptors (Lipinski definition) is 13. The number of amides is 2. The minimum atomic E-state index is -3.62. The molecule has 0 unspecified atom stereocenters. The Kier molecular flexibility index (Phi) is 17.8. The van der Waals surface area contributed by atoms with E-state index in [2.05, 4.69) is 0 Å². The van der Waals surface area contributed by atoms with Crippen LogP contribution in [0.3, 0.4) is 0 Å². The molecule has 16 nitrogen and oxygen atoms in total. The molecule has 72 heavy (non-hydrogen) atoms. The Morgan fingerprint density at radius 1 is 0.597 bits per heavy atom. The zero-order valence-corrected chi connectivity index (χ0v) is 45.6. The van der Waals surface area contributed by atoms with E-state index >= 15 is 0 Å². The smallest absolute Gasteiger partial charge is 0.300 e. The molecule has 0 saturated carbocycles. The first-order valence-electron chi connectivity index (χ1n) is 22.0. The number of hydrogen-bond donors (Lipinski definition) is 1. The highest BCUT2D eigenvalue weighted by molar-refractivity contribution is 8.27. The van der Waals surface area contributed by atoms with Gasteiger partial charge in [-0.05, 0) is 88.4 Å². The van der Waals surface area contributed by atoms with Crippen molar-refractivity contribution in [3.8, 4) is 33.9 Å². The third-order valence-electron chi connectivity index (χ3n) is 10.6.